The lowest BCUT2D eigenvalue weighted by Gasteiger charge is -2.31. The zero-order valence-corrected chi connectivity index (χ0v) is 13.1. The van der Waals surface area contributed by atoms with Crippen LogP contribution in [0, 0.1) is 6.92 Å². The average Bonchev–Trinajstić information content (AvgIpc) is 3.08. The summed E-state index contributed by atoms with van der Waals surface area (Å²) in [6.07, 6.45) is 3.45. The number of aromatic nitrogens is 3. The van der Waals surface area contributed by atoms with Gasteiger partial charge in [-0.05, 0) is 13.8 Å². The maximum absolute atomic E-state index is 12.7. The van der Waals surface area contributed by atoms with Crippen LogP contribution >= 0.6 is 0 Å². The Kier molecular flexibility index (Phi) is 3.98. The minimum Gasteiger partial charge on any atom is -0.381 e. The molecule has 3 heterocycles. The molecule has 1 atom stereocenters. The van der Waals surface area contributed by atoms with E-state index in [0.29, 0.717) is 37.6 Å². The monoisotopic (exact) mass is 304 g/mol. The summed E-state index contributed by atoms with van der Waals surface area (Å²) in [5.41, 5.74) is 2.62. The van der Waals surface area contributed by atoms with Gasteiger partial charge < -0.3 is 14.2 Å². The van der Waals surface area contributed by atoms with Gasteiger partial charge in [0.25, 0.3) is 5.91 Å². The lowest BCUT2D eigenvalue weighted by Crippen LogP contribution is -2.39. The summed E-state index contributed by atoms with van der Waals surface area (Å²) in [5.74, 6) is 0.576. The zero-order valence-electron chi connectivity index (χ0n) is 13.1. The molecule has 118 valence electrons. The molecule has 1 aliphatic rings. The molecule has 0 radical (unpaired) electrons. The fourth-order valence-electron chi connectivity index (χ4n) is 2.86. The highest BCUT2D eigenvalue weighted by Gasteiger charge is 2.32. The van der Waals surface area contributed by atoms with Crippen LogP contribution in [0.25, 0.3) is 0 Å². The van der Waals surface area contributed by atoms with Crippen molar-refractivity contribution in [2.75, 3.05) is 19.8 Å². The Balaban J connectivity index is 1.86. The molecule has 7 heteroatoms. The summed E-state index contributed by atoms with van der Waals surface area (Å²) in [7, 11) is 1.90. The van der Waals surface area contributed by atoms with E-state index in [2.05, 4.69) is 10.3 Å². The first kappa shape index (κ1) is 14.8. The molecule has 22 heavy (non-hydrogen) atoms. The quantitative estimate of drug-likeness (QED) is 0.855. The zero-order chi connectivity index (χ0) is 15.7. The van der Waals surface area contributed by atoms with Gasteiger partial charge in [0.2, 0.25) is 0 Å². The van der Waals surface area contributed by atoms with E-state index < -0.39 is 0 Å². The Hall–Kier alpha value is -2.15. The molecule has 0 unspecified atom stereocenters. The number of carbonyl (C=O) groups is 1. The molecule has 1 aliphatic heterocycles. The van der Waals surface area contributed by atoms with Gasteiger partial charge in [-0.15, -0.1) is 0 Å². The van der Waals surface area contributed by atoms with E-state index in [1.165, 1.54) is 6.20 Å². The van der Waals surface area contributed by atoms with Gasteiger partial charge in [-0.1, -0.05) is 5.16 Å². The summed E-state index contributed by atoms with van der Waals surface area (Å²) >= 11 is 0. The van der Waals surface area contributed by atoms with E-state index in [-0.39, 0.29) is 11.8 Å². The van der Waals surface area contributed by atoms with Crippen molar-refractivity contribution in [2.24, 2.45) is 7.05 Å². The Bertz CT molecular complexity index is 676. The summed E-state index contributed by atoms with van der Waals surface area (Å²) in [6, 6.07) is 0. The lowest BCUT2D eigenvalue weighted by molar-refractivity contribution is 0.0650. The molecule has 0 spiro atoms. The van der Waals surface area contributed by atoms with Crippen LogP contribution < -0.4 is 0 Å². The normalized spacial score (nSPS) is 17.6. The highest BCUT2D eigenvalue weighted by atomic mass is 16.5. The maximum atomic E-state index is 12.7. The number of amides is 1. The van der Waals surface area contributed by atoms with Gasteiger partial charge in [-0.3, -0.25) is 9.48 Å². The predicted molar refractivity (Wildman–Crippen MR) is 78.4 cm³/mol. The molecule has 2 aromatic heterocycles. The first-order chi connectivity index (χ1) is 10.6. The van der Waals surface area contributed by atoms with Gasteiger partial charge in [0.05, 0.1) is 18.5 Å². The highest BCUT2D eigenvalue weighted by Crippen LogP contribution is 2.28. The number of hydrogen-bond acceptors (Lipinski definition) is 5. The molecular formula is C15H20N4O3. The van der Waals surface area contributed by atoms with Crippen molar-refractivity contribution in [3.8, 4) is 0 Å². The molecule has 0 aromatic carbocycles. The third-order valence-electron chi connectivity index (χ3n) is 3.92. The first-order valence-electron chi connectivity index (χ1n) is 7.40. The Morgan fingerprint density at radius 2 is 2.36 bits per heavy atom. The van der Waals surface area contributed by atoms with Crippen molar-refractivity contribution in [3.63, 3.8) is 0 Å². The van der Waals surface area contributed by atoms with Crippen LogP contribution in [0.1, 0.15) is 40.2 Å². The number of rotatable bonds is 4. The van der Waals surface area contributed by atoms with Gasteiger partial charge in [-0.2, -0.15) is 5.10 Å². The second-order valence-corrected chi connectivity index (χ2v) is 5.55. The number of hydrogen-bond donors (Lipinski definition) is 0. The smallest absolute Gasteiger partial charge is 0.259 e. The highest BCUT2D eigenvalue weighted by molar-refractivity contribution is 5.94. The average molecular weight is 304 g/mol. The van der Waals surface area contributed by atoms with Gasteiger partial charge in [0, 0.05) is 44.4 Å². The molecule has 0 fully saturated rings. The molecule has 3 rings (SSSR count). The van der Waals surface area contributed by atoms with Crippen LogP contribution in [0.3, 0.4) is 0 Å². The van der Waals surface area contributed by atoms with E-state index in [9.17, 15) is 4.79 Å². The summed E-state index contributed by atoms with van der Waals surface area (Å²) in [4.78, 5) is 14.5. The third kappa shape index (κ3) is 2.64. The van der Waals surface area contributed by atoms with Crippen molar-refractivity contribution in [1.29, 1.82) is 0 Å². The predicted octanol–water partition coefficient (Wildman–Crippen LogP) is 1.49. The lowest BCUT2D eigenvalue weighted by atomic mass is 9.96. The Morgan fingerprint density at radius 3 is 3.05 bits per heavy atom. The van der Waals surface area contributed by atoms with E-state index in [0.717, 1.165) is 11.3 Å². The standard InChI is InChI=1S/C15H20N4O3/c1-4-21-9-12-8-19(7-11-6-18(3)17-14(11)12)15(20)13-5-16-22-10(13)2/h5-6,12H,4,7-9H2,1-3H3/t12-/m1/s1. The minimum atomic E-state index is -0.0604. The molecule has 0 aliphatic carbocycles. The molecular weight excluding hydrogens is 284 g/mol. The number of nitrogens with zero attached hydrogens (tertiary/aromatic N) is 4. The molecule has 1 amide bonds. The van der Waals surface area contributed by atoms with Crippen LogP contribution in [-0.4, -0.2) is 45.5 Å². The van der Waals surface area contributed by atoms with Crippen LogP contribution in [0.2, 0.25) is 0 Å². The number of carbonyl (C=O) groups excluding carboxylic acids is 1. The first-order valence-corrected chi connectivity index (χ1v) is 7.40. The Morgan fingerprint density at radius 1 is 1.55 bits per heavy atom. The van der Waals surface area contributed by atoms with Crippen molar-refractivity contribution in [2.45, 2.75) is 26.3 Å². The fourth-order valence-corrected chi connectivity index (χ4v) is 2.86. The number of ether oxygens (including phenoxy) is 1. The molecule has 0 saturated carbocycles. The van der Waals surface area contributed by atoms with Crippen LogP contribution in [0.4, 0.5) is 0 Å². The molecule has 0 bridgehead atoms. The van der Waals surface area contributed by atoms with E-state index in [4.69, 9.17) is 9.26 Å². The number of fused-ring (bicyclic) bond motifs is 1. The van der Waals surface area contributed by atoms with Crippen molar-refractivity contribution >= 4 is 5.91 Å². The van der Waals surface area contributed by atoms with Crippen LogP contribution in [-0.2, 0) is 18.3 Å². The van der Waals surface area contributed by atoms with Gasteiger partial charge >= 0.3 is 0 Å². The minimum absolute atomic E-state index is 0.0604. The largest absolute Gasteiger partial charge is 0.381 e. The van der Waals surface area contributed by atoms with Crippen LogP contribution in [0.5, 0.6) is 0 Å². The topological polar surface area (TPSA) is 73.4 Å². The van der Waals surface area contributed by atoms with E-state index in [1.54, 1.807) is 11.6 Å². The molecule has 0 N–H and O–H groups in total. The molecule has 0 saturated heterocycles. The van der Waals surface area contributed by atoms with Crippen LogP contribution in [0.15, 0.2) is 16.9 Å². The SMILES string of the molecule is CCOC[C@H]1CN(C(=O)c2cnoc2C)Cc2cn(C)nc21. The van der Waals surface area contributed by atoms with E-state index in [1.807, 2.05) is 25.1 Å². The Labute approximate surface area is 128 Å². The third-order valence-corrected chi connectivity index (χ3v) is 3.92. The summed E-state index contributed by atoms with van der Waals surface area (Å²) in [6.45, 7) is 6.07. The van der Waals surface area contributed by atoms with Gasteiger partial charge in [0.15, 0.2) is 0 Å². The number of aryl methyl sites for hydroxylation is 2. The second-order valence-electron chi connectivity index (χ2n) is 5.55. The van der Waals surface area contributed by atoms with E-state index >= 15 is 0 Å². The van der Waals surface area contributed by atoms with Gasteiger partial charge in [0.1, 0.15) is 11.3 Å². The molecule has 2 aromatic rings. The maximum Gasteiger partial charge on any atom is 0.259 e. The summed E-state index contributed by atoms with van der Waals surface area (Å²) < 4.78 is 12.4. The summed E-state index contributed by atoms with van der Waals surface area (Å²) in [5, 5.41) is 8.22. The second kappa shape index (κ2) is 5.92. The van der Waals surface area contributed by atoms with Gasteiger partial charge in [-0.25, -0.2) is 0 Å². The fraction of sp³-hybridized carbons (Fsp3) is 0.533. The van der Waals surface area contributed by atoms with Crippen molar-refractivity contribution in [3.05, 3.63) is 35.0 Å². The van der Waals surface area contributed by atoms with Crippen molar-refractivity contribution in [1.82, 2.24) is 19.8 Å². The molecule has 7 nitrogen and oxygen atoms in total. The van der Waals surface area contributed by atoms with Crippen molar-refractivity contribution < 1.29 is 14.1 Å².